The maximum Gasteiger partial charge on any atom is 0.330 e. The predicted molar refractivity (Wildman–Crippen MR) is 108 cm³/mol. The molecule has 0 bridgehead atoms. The molecule has 0 atom stereocenters. The van der Waals surface area contributed by atoms with Crippen LogP contribution < -0.4 is 20.7 Å². The zero-order valence-electron chi connectivity index (χ0n) is 16.5. The Morgan fingerprint density at radius 2 is 1.52 bits per heavy atom. The summed E-state index contributed by atoms with van der Waals surface area (Å²) in [4.78, 5) is 23.3. The van der Waals surface area contributed by atoms with Crippen LogP contribution in [0.15, 0.2) is 44.9 Å². The van der Waals surface area contributed by atoms with Crippen LogP contribution in [0.3, 0.4) is 0 Å². The Kier molecular flexibility index (Phi) is 6.83. The van der Waals surface area contributed by atoms with Crippen molar-refractivity contribution in [2.75, 3.05) is 0 Å². The van der Waals surface area contributed by atoms with Crippen LogP contribution in [-0.4, -0.2) is 32.0 Å². The van der Waals surface area contributed by atoms with E-state index in [4.69, 9.17) is 0 Å². The van der Waals surface area contributed by atoms with Crippen molar-refractivity contribution in [2.24, 2.45) is 14.1 Å². The highest BCUT2D eigenvalue weighted by Crippen LogP contribution is 2.09. The average molecular weight is 445 g/mol. The molecule has 0 unspecified atom stereocenters. The van der Waals surface area contributed by atoms with Crippen LogP contribution in [0.5, 0.6) is 0 Å². The first-order chi connectivity index (χ1) is 13.3. The van der Waals surface area contributed by atoms with Gasteiger partial charge in [-0.25, -0.2) is 31.1 Å². The molecule has 1 heterocycles. The second-order valence-corrected chi connectivity index (χ2v) is 10.4. The Morgan fingerprint density at radius 1 is 0.966 bits per heavy atom. The number of nitrogens with one attached hydrogen (secondary N) is 2. The molecule has 2 rings (SSSR count). The van der Waals surface area contributed by atoms with Gasteiger partial charge in [0.25, 0.3) is 5.56 Å². The van der Waals surface area contributed by atoms with E-state index >= 15 is 0 Å². The van der Waals surface area contributed by atoms with E-state index in [0.29, 0.717) is 11.1 Å². The van der Waals surface area contributed by atoms with Crippen molar-refractivity contribution >= 4 is 20.0 Å². The minimum Gasteiger partial charge on any atom is -0.302 e. The predicted octanol–water partition coefficient (Wildman–Crippen LogP) is -0.610. The number of hydrogen-bond acceptors (Lipinski definition) is 6. The van der Waals surface area contributed by atoms with Crippen molar-refractivity contribution in [3.63, 3.8) is 0 Å². The van der Waals surface area contributed by atoms with Gasteiger partial charge in [-0.1, -0.05) is 24.3 Å². The minimum absolute atomic E-state index is 0.106. The molecule has 12 heteroatoms. The van der Waals surface area contributed by atoms with Crippen molar-refractivity contribution in [1.29, 1.82) is 0 Å². The summed E-state index contributed by atoms with van der Waals surface area (Å²) >= 11 is 0. The van der Waals surface area contributed by atoms with Crippen LogP contribution in [0.1, 0.15) is 25.0 Å². The number of nitrogens with zero attached hydrogens (tertiary/aromatic N) is 2. The summed E-state index contributed by atoms with van der Waals surface area (Å²) in [6.45, 7) is 3.35. The van der Waals surface area contributed by atoms with E-state index in [1.807, 2.05) is 0 Å². The Hall–Kier alpha value is -2.28. The molecule has 0 saturated heterocycles. The van der Waals surface area contributed by atoms with E-state index in [2.05, 4.69) is 9.44 Å². The van der Waals surface area contributed by atoms with Crippen LogP contribution in [-0.2, 0) is 46.4 Å². The number of aromatic nitrogens is 2. The van der Waals surface area contributed by atoms with Crippen LogP contribution in [0.4, 0.5) is 0 Å². The third-order valence-electron chi connectivity index (χ3n) is 3.97. The quantitative estimate of drug-likeness (QED) is 0.557. The van der Waals surface area contributed by atoms with Crippen LogP contribution in [0.25, 0.3) is 0 Å². The molecule has 2 aromatic rings. The van der Waals surface area contributed by atoms with Gasteiger partial charge in [0.1, 0.15) is 0 Å². The Bertz CT molecular complexity index is 1210. The summed E-state index contributed by atoms with van der Waals surface area (Å²) in [5.74, 6) is -0.189. The van der Waals surface area contributed by atoms with Crippen LogP contribution in [0, 0.1) is 0 Å². The summed E-state index contributed by atoms with van der Waals surface area (Å²) in [5.41, 5.74) is -0.421. The average Bonchev–Trinajstić information content (AvgIpc) is 2.61. The van der Waals surface area contributed by atoms with Gasteiger partial charge in [-0.15, -0.1) is 0 Å². The zero-order valence-corrected chi connectivity index (χ0v) is 18.2. The van der Waals surface area contributed by atoms with Crippen molar-refractivity contribution in [2.45, 2.75) is 37.1 Å². The highest BCUT2D eigenvalue weighted by molar-refractivity contribution is 7.89. The third kappa shape index (κ3) is 5.85. The van der Waals surface area contributed by atoms with Gasteiger partial charge in [-0.05, 0) is 25.0 Å². The summed E-state index contributed by atoms with van der Waals surface area (Å²) in [6.07, 6.45) is 0.975. The lowest BCUT2D eigenvalue weighted by molar-refractivity contribution is 0.568. The van der Waals surface area contributed by atoms with Gasteiger partial charge in [0, 0.05) is 32.9 Å². The van der Waals surface area contributed by atoms with E-state index < -0.39 is 36.2 Å². The van der Waals surface area contributed by atoms with Crippen molar-refractivity contribution in [3.8, 4) is 0 Å². The minimum atomic E-state index is -4.15. The first-order valence-electron chi connectivity index (χ1n) is 8.66. The normalized spacial score (nSPS) is 12.4. The van der Waals surface area contributed by atoms with E-state index in [1.54, 1.807) is 38.1 Å². The lowest BCUT2D eigenvalue weighted by Gasteiger charge is -2.11. The fraction of sp³-hybridized carbons (Fsp3) is 0.412. The number of aryl methyl sites for hydroxylation is 1. The summed E-state index contributed by atoms with van der Waals surface area (Å²) in [7, 11) is -5.07. The van der Waals surface area contributed by atoms with Crippen molar-refractivity contribution in [1.82, 2.24) is 18.6 Å². The SMILES string of the molecule is CC(C)NS(=O)(=O)Cc1ccc(CNS(=O)(=O)c2cn(C)c(=O)n(C)c2=O)cc1. The van der Waals surface area contributed by atoms with Gasteiger partial charge in [0.2, 0.25) is 20.0 Å². The highest BCUT2D eigenvalue weighted by Gasteiger charge is 2.21. The van der Waals surface area contributed by atoms with Gasteiger partial charge in [-0.3, -0.25) is 9.36 Å². The van der Waals surface area contributed by atoms with E-state index in [-0.39, 0.29) is 18.3 Å². The molecule has 0 aliphatic rings. The van der Waals surface area contributed by atoms with Crippen LogP contribution in [0.2, 0.25) is 0 Å². The maximum absolute atomic E-state index is 12.5. The monoisotopic (exact) mass is 444 g/mol. The number of rotatable bonds is 8. The molecule has 1 aromatic heterocycles. The number of hydrogen-bond donors (Lipinski definition) is 2. The molecule has 0 amide bonds. The second-order valence-electron chi connectivity index (χ2n) is 6.92. The van der Waals surface area contributed by atoms with E-state index in [9.17, 15) is 26.4 Å². The smallest absolute Gasteiger partial charge is 0.302 e. The fourth-order valence-corrected chi connectivity index (χ4v) is 5.20. The number of benzene rings is 1. The maximum atomic E-state index is 12.5. The molecule has 160 valence electrons. The summed E-state index contributed by atoms with van der Waals surface area (Å²) < 4.78 is 55.4. The fourth-order valence-electron chi connectivity index (χ4n) is 2.59. The molecule has 0 aliphatic carbocycles. The standard InChI is InChI=1S/C17H24N4O6S2/c1-12(2)19-28(24,25)11-14-7-5-13(6-8-14)9-18-29(26,27)15-10-20(3)17(23)21(4)16(15)22/h5-8,10,12,18-19H,9,11H2,1-4H3. The highest BCUT2D eigenvalue weighted by atomic mass is 32.2. The van der Waals surface area contributed by atoms with Gasteiger partial charge >= 0.3 is 5.69 Å². The van der Waals surface area contributed by atoms with Gasteiger partial charge in [0.05, 0.1) is 5.75 Å². The number of sulfonamides is 2. The Labute approximate surface area is 169 Å². The molecular formula is C17H24N4O6S2. The molecule has 0 fully saturated rings. The summed E-state index contributed by atoms with van der Waals surface area (Å²) in [5, 5.41) is 0. The molecule has 0 spiro atoms. The van der Waals surface area contributed by atoms with Gasteiger partial charge in [-0.2, -0.15) is 0 Å². The molecule has 0 aliphatic heterocycles. The largest absolute Gasteiger partial charge is 0.330 e. The summed E-state index contributed by atoms with van der Waals surface area (Å²) in [6, 6.07) is 6.17. The Balaban J connectivity index is 2.14. The topological polar surface area (TPSA) is 136 Å². The third-order valence-corrected chi connectivity index (χ3v) is 6.89. The molecule has 0 radical (unpaired) electrons. The molecule has 29 heavy (non-hydrogen) atoms. The molecular weight excluding hydrogens is 420 g/mol. The molecule has 1 aromatic carbocycles. The molecule has 0 saturated carbocycles. The van der Waals surface area contributed by atoms with Gasteiger partial charge < -0.3 is 4.57 Å². The Morgan fingerprint density at radius 3 is 2.07 bits per heavy atom. The van der Waals surface area contributed by atoms with Crippen molar-refractivity contribution < 1.29 is 16.8 Å². The first-order valence-corrected chi connectivity index (χ1v) is 11.8. The first kappa shape index (κ1) is 23.0. The second kappa shape index (κ2) is 8.61. The van der Waals surface area contributed by atoms with E-state index in [0.717, 1.165) is 15.3 Å². The molecule has 10 nitrogen and oxygen atoms in total. The van der Waals surface area contributed by atoms with Crippen molar-refractivity contribution in [3.05, 3.63) is 62.4 Å². The lowest BCUT2D eigenvalue weighted by atomic mass is 10.1. The lowest BCUT2D eigenvalue weighted by Crippen LogP contribution is -2.41. The molecule has 2 N–H and O–H groups in total. The van der Waals surface area contributed by atoms with Crippen LogP contribution >= 0.6 is 0 Å². The van der Waals surface area contributed by atoms with Gasteiger partial charge in [0.15, 0.2) is 4.90 Å². The van der Waals surface area contributed by atoms with E-state index in [1.165, 1.54) is 14.1 Å². The zero-order chi connectivity index (χ0) is 22.0.